The number of nitro groups is 1. The highest BCUT2D eigenvalue weighted by molar-refractivity contribution is 7.91. The molecule has 0 radical (unpaired) electrons. The van der Waals surface area contributed by atoms with Crippen molar-refractivity contribution in [2.24, 2.45) is 0 Å². The summed E-state index contributed by atoms with van der Waals surface area (Å²) in [5.41, 5.74) is 1.38. The molecule has 0 saturated carbocycles. The first-order valence-corrected chi connectivity index (χ1v) is 7.41. The molecule has 0 aliphatic carbocycles. The van der Waals surface area contributed by atoms with E-state index in [1.807, 2.05) is 0 Å². The zero-order valence-corrected chi connectivity index (χ0v) is 10.7. The largest absolute Gasteiger partial charge is 0.381 e. The van der Waals surface area contributed by atoms with Crippen LogP contribution in [-0.4, -0.2) is 30.9 Å². The minimum absolute atomic E-state index is 0.0124. The quantitative estimate of drug-likeness (QED) is 0.664. The molecule has 7 heteroatoms. The molecule has 1 atom stereocenters. The Hall–Kier alpha value is -1.63. The van der Waals surface area contributed by atoms with Gasteiger partial charge < -0.3 is 5.32 Å². The van der Waals surface area contributed by atoms with E-state index in [0.717, 1.165) is 5.56 Å². The van der Waals surface area contributed by atoms with Gasteiger partial charge in [-0.3, -0.25) is 10.1 Å². The molecule has 2 rings (SSSR count). The number of nitrogens with zero attached hydrogens (tertiary/aromatic N) is 1. The van der Waals surface area contributed by atoms with E-state index in [2.05, 4.69) is 5.32 Å². The highest BCUT2D eigenvalue weighted by Crippen LogP contribution is 2.23. The Kier molecular flexibility index (Phi) is 3.25. The van der Waals surface area contributed by atoms with Crippen molar-refractivity contribution in [1.82, 2.24) is 0 Å². The second kappa shape index (κ2) is 4.56. The predicted octanol–water partition coefficient (Wildman–Crippen LogP) is 1.50. The molecule has 1 aromatic rings. The van der Waals surface area contributed by atoms with Crippen LogP contribution in [0.3, 0.4) is 0 Å². The topological polar surface area (TPSA) is 89.3 Å². The molecule has 0 spiro atoms. The van der Waals surface area contributed by atoms with Gasteiger partial charge in [0, 0.05) is 23.9 Å². The molecule has 1 heterocycles. The van der Waals surface area contributed by atoms with E-state index in [-0.39, 0.29) is 23.2 Å². The lowest BCUT2D eigenvalue weighted by Gasteiger charge is -2.12. The Labute approximate surface area is 105 Å². The zero-order chi connectivity index (χ0) is 13.3. The molecule has 1 unspecified atom stereocenters. The summed E-state index contributed by atoms with van der Waals surface area (Å²) in [5, 5.41) is 13.8. The van der Waals surface area contributed by atoms with E-state index in [0.29, 0.717) is 12.1 Å². The number of sulfone groups is 1. The summed E-state index contributed by atoms with van der Waals surface area (Å²) in [5.74, 6) is 0.271. The van der Waals surface area contributed by atoms with E-state index >= 15 is 0 Å². The van der Waals surface area contributed by atoms with Gasteiger partial charge >= 0.3 is 0 Å². The Morgan fingerprint density at radius 3 is 2.67 bits per heavy atom. The van der Waals surface area contributed by atoms with Crippen molar-refractivity contribution in [2.75, 3.05) is 16.8 Å². The fraction of sp³-hybridized carbons (Fsp3) is 0.455. The van der Waals surface area contributed by atoms with Crippen LogP contribution in [0.1, 0.15) is 12.0 Å². The molecular formula is C11H14N2O4S. The van der Waals surface area contributed by atoms with Crippen molar-refractivity contribution in [3.63, 3.8) is 0 Å². The predicted molar refractivity (Wildman–Crippen MR) is 68.5 cm³/mol. The average molecular weight is 270 g/mol. The maximum absolute atomic E-state index is 11.3. The molecular weight excluding hydrogens is 256 g/mol. The van der Waals surface area contributed by atoms with Crippen LogP contribution in [0.15, 0.2) is 18.2 Å². The number of hydrogen-bond donors (Lipinski definition) is 1. The third-order valence-corrected chi connectivity index (χ3v) is 4.64. The molecule has 1 aromatic carbocycles. The van der Waals surface area contributed by atoms with E-state index in [4.69, 9.17) is 0 Å². The molecule has 98 valence electrons. The Morgan fingerprint density at radius 2 is 2.11 bits per heavy atom. The average Bonchev–Trinajstić information content (AvgIpc) is 2.57. The summed E-state index contributed by atoms with van der Waals surface area (Å²) in [6.07, 6.45) is 0.546. The maximum Gasteiger partial charge on any atom is 0.271 e. The van der Waals surface area contributed by atoms with Crippen LogP contribution in [0.2, 0.25) is 0 Å². The third-order valence-electron chi connectivity index (χ3n) is 2.88. The van der Waals surface area contributed by atoms with Crippen LogP contribution in [0.25, 0.3) is 0 Å². The Morgan fingerprint density at radius 1 is 1.39 bits per heavy atom. The summed E-state index contributed by atoms with van der Waals surface area (Å²) in [6, 6.07) is 4.53. The molecule has 18 heavy (non-hydrogen) atoms. The van der Waals surface area contributed by atoms with Crippen molar-refractivity contribution in [2.45, 2.75) is 19.4 Å². The molecule has 1 fully saturated rings. The number of nitrogens with one attached hydrogen (secondary N) is 1. The van der Waals surface area contributed by atoms with Gasteiger partial charge in [0.2, 0.25) is 0 Å². The first kappa shape index (κ1) is 12.8. The van der Waals surface area contributed by atoms with Crippen LogP contribution in [-0.2, 0) is 9.84 Å². The van der Waals surface area contributed by atoms with E-state index in [9.17, 15) is 18.5 Å². The molecule has 0 aromatic heterocycles. The smallest absolute Gasteiger partial charge is 0.271 e. The van der Waals surface area contributed by atoms with Gasteiger partial charge in [-0.05, 0) is 25.0 Å². The lowest BCUT2D eigenvalue weighted by Crippen LogP contribution is -2.20. The molecule has 1 N–H and O–H groups in total. The normalized spacial score (nSPS) is 21.7. The maximum atomic E-state index is 11.3. The SMILES string of the molecule is Cc1cc(NC2CCS(=O)(=O)C2)cc([N+](=O)[O-])c1. The zero-order valence-electron chi connectivity index (χ0n) is 9.92. The van der Waals surface area contributed by atoms with Crippen molar-refractivity contribution >= 4 is 21.2 Å². The number of anilines is 1. The number of benzene rings is 1. The van der Waals surface area contributed by atoms with Crippen LogP contribution in [0, 0.1) is 17.0 Å². The van der Waals surface area contributed by atoms with Crippen molar-refractivity contribution in [3.05, 3.63) is 33.9 Å². The Balaban J connectivity index is 2.17. The van der Waals surface area contributed by atoms with Crippen LogP contribution < -0.4 is 5.32 Å². The number of aryl methyl sites for hydroxylation is 1. The van der Waals surface area contributed by atoms with Crippen molar-refractivity contribution in [1.29, 1.82) is 0 Å². The molecule has 1 aliphatic heterocycles. The molecule has 0 bridgehead atoms. The van der Waals surface area contributed by atoms with E-state index in [1.165, 1.54) is 12.1 Å². The lowest BCUT2D eigenvalue weighted by atomic mass is 10.1. The minimum atomic E-state index is -2.95. The molecule has 1 saturated heterocycles. The van der Waals surface area contributed by atoms with Gasteiger partial charge in [0.1, 0.15) is 0 Å². The number of rotatable bonds is 3. The fourth-order valence-corrected chi connectivity index (χ4v) is 3.77. The van der Waals surface area contributed by atoms with Gasteiger partial charge in [0.15, 0.2) is 9.84 Å². The van der Waals surface area contributed by atoms with Gasteiger partial charge in [-0.15, -0.1) is 0 Å². The molecule has 1 aliphatic rings. The first-order chi connectivity index (χ1) is 8.35. The number of hydrogen-bond acceptors (Lipinski definition) is 5. The summed E-state index contributed by atoms with van der Waals surface area (Å²) in [6.45, 7) is 1.77. The highest BCUT2D eigenvalue weighted by atomic mass is 32.2. The standard InChI is InChI=1S/C11H14N2O4S/c1-8-4-10(6-11(5-8)13(14)15)12-9-2-3-18(16,17)7-9/h4-6,9,12H,2-3,7H2,1H3. The Bertz CT molecular complexity index is 583. The van der Waals surface area contributed by atoms with Crippen LogP contribution in [0.4, 0.5) is 11.4 Å². The fourth-order valence-electron chi connectivity index (χ4n) is 2.10. The van der Waals surface area contributed by atoms with Crippen LogP contribution >= 0.6 is 0 Å². The number of non-ortho nitro benzene ring substituents is 1. The van der Waals surface area contributed by atoms with Gasteiger partial charge in [0.05, 0.1) is 16.4 Å². The van der Waals surface area contributed by atoms with E-state index < -0.39 is 14.8 Å². The highest BCUT2D eigenvalue weighted by Gasteiger charge is 2.27. The summed E-state index contributed by atoms with van der Waals surface area (Å²) < 4.78 is 22.7. The molecule has 0 amide bonds. The van der Waals surface area contributed by atoms with Crippen molar-refractivity contribution < 1.29 is 13.3 Å². The van der Waals surface area contributed by atoms with Gasteiger partial charge in [0.25, 0.3) is 5.69 Å². The summed E-state index contributed by atoms with van der Waals surface area (Å²) in [4.78, 5) is 10.3. The second-order valence-electron chi connectivity index (χ2n) is 4.56. The minimum Gasteiger partial charge on any atom is -0.381 e. The third kappa shape index (κ3) is 2.98. The lowest BCUT2D eigenvalue weighted by molar-refractivity contribution is -0.384. The van der Waals surface area contributed by atoms with Gasteiger partial charge in [-0.25, -0.2) is 8.42 Å². The monoisotopic (exact) mass is 270 g/mol. The second-order valence-corrected chi connectivity index (χ2v) is 6.79. The molecule has 6 nitrogen and oxygen atoms in total. The van der Waals surface area contributed by atoms with Gasteiger partial charge in [-0.2, -0.15) is 0 Å². The van der Waals surface area contributed by atoms with E-state index in [1.54, 1.807) is 13.0 Å². The summed E-state index contributed by atoms with van der Waals surface area (Å²) >= 11 is 0. The summed E-state index contributed by atoms with van der Waals surface area (Å²) in [7, 11) is -2.95. The van der Waals surface area contributed by atoms with Crippen molar-refractivity contribution in [3.8, 4) is 0 Å². The van der Waals surface area contributed by atoms with Gasteiger partial charge in [-0.1, -0.05) is 0 Å². The van der Waals surface area contributed by atoms with Crippen LogP contribution in [0.5, 0.6) is 0 Å². The number of nitro benzene ring substituents is 1. The first-order valence-electron chi connectivity index (χ1n) is 5.59.